The molecule has 0 aromatic heterocycles. The average molecular weight is 253 g/mol. The monoisotopic (exact) mass is 253 g/mol. The van der Waals surface area contributed by atoms with Gasteiger partial charge in [0.1, 0.15) is 0 Å². The lowest BCUT2D eigenvalue weighted by Gasteiger charge is -2.48. The third kappa shape index (κ3) is 2.91. The number of hydrogen-bond acceptors (Lipinski definition) is 2. The molecule has 0 aromatic carbocycles. The van der Waals surface area contributed by atoms with Crippen LogP contribution < -0.4 is 5.32 Å². The van der Waals surface area contributed by atoms with Crippen molar-refractivity contribution in [1.82, 2.24) is 5.32 Å². The largest absolute Gasteiger partial charge is 0.375 e. The van der Waals surface area contributed by atoms with Gasteiger partial charge in [0.2, 0.25) is 0 Å². The van der Waals surface area contributed by atoms with E-state index in [9.17, 15) is 0 Å². The second kappa shape index (κ2) is 5.50. The molecule has 106 valence electrons. The number of ether oxygens (including phenoxy) is 1. The standard InChI is InChI=1S/C16H31NO/c1-5-15(2,3)13-6-9-16(10-7-13)12-14(17-4)8-11-18-16/h13-14,17H,5-12H2,1-4H3. The van der Waals surface area contributed by atoms with Gasteiger partial charge in [-0.3, -0.25) is 0 Å². The molecule has 1 unspecified atom stereocenters. The summed E-state index contributed by atoms with van der Waals surface area (Å²) >= 11 is 0. The molecule has 0 radical (unpaired) electrons. The average Bonchev–Trinajstić information content (AvgIpc) is 2.39. The molecular formula is C16H31NO. The highest BCUT2D eigenvalue weighted by Crippen LogP contribution is 2.47. The molecule has 0 amide bonds. The van der Waals surface area contributed by atoms with E-state index in [1.165, 1.54) is 44.9 Å². The number of rotatable bonds is 3. The van der Waals surface area contributed by atoms with Crippen molar-refractivity contribution in [1.29, 1.82) is 0 Å². The molecule has 1 spiro atoms. The van der Waals surface area contributed by atoms with Gasteiger partial charge in [0, 0.05) is 12.6 Å². The molecule has 1 aliphatic heterocycles. The minimum atomic E-state index is 0.215. The fourth-order valence-corrected chi connectivity index (χ4v) is 3.84. The first-order valence-corrected chi connectivity index (χ1v) is 7.82. The van der Waals surface area contributed by atoms with E-state index in [0.29, 0.717) is 11.5 Å². The van der Waals surface area contributed by atoms with Gasteiger partial charge >= 0.3 is 0 Å². The Bertz CT molecular complexity index is 266. The Balaban J connectivity index is 1.93. The Morgan fingerprint density at radius 3 is 2.44 bits per heavy atom. The summed E-state index contributed by atoms with van der Waals surface area (Å²) < 4.78 is 6.19. The maximum atomic E-state index is 6.19. The van der Waals surface area contributed by atoms with Gasteiger partial charge in [0.25, 0.3) is 0 Å². The summed E-state index contributed by atoms with van der Waals surface area (Å²) in [6.07, 6.45) is 8.97. The lowest BCUT2D eigenvalue weighted by molar-refractivity contribution is -0.121. The van der Waals surface area contributed by atoms with E-state index >= 15 is 0 Å². The molecule has 2 fully saturated rings. The molecule has 0 bridgehead atoms. The van der Waals surface area contributed by atoms with Crippen LogP contribution in [0.15, 0.2) is 0 Å². The van der Waals surface area contributed by atoms with Crippen molar-refractivity contribution in [2.75, 3.05) is 13.7 Å². The minimum Gasteiger partial charge on any atom is -0.375 e. The lowest BCUT2D eigenvalue weighted by Crippen LogP contribution is -2.49. The van der Waals surface area contributed by atoms with E-state index in [4.69, 9.17) is 4.74 Å². The summed E-state index contributed by atoms with van der Waals surface area (Å²) in [6, 6.07) is 0.675. The molecule has 2 rings (SSSR count). The number of hydrogen-bond donors (Lipinski definition) is 1. The Labute approximate surface area is 113 Å². The van der Waals surface area contributed by atoms with Crippen LogP contribution in [0.4, 0.5) is 0 Å². The second-order valence-corrected chi connectivity index (χ2v) is 7.13. The molecule has 0 aromatic rings. The zero-order valence-electron chi connectivity index (χ0n) is 12.7. The Kier molecular flexibility index (Phi) is 4.38. The third-order valence-electron chi connectivity index (χ3n) is 5.81. The van der Waals surface area contributed by atoms with Crippen LogP contribution >= 0.6 is 0 Å². The van der Waals surface area contributed by atoms with E-state index in [1.807, 2.05) is 0 Å². The molecule has 2 aliphatic rings. The predicted molar refractivity (Wildman–Crippen MR) is 76.8 cm³/mol. The molecule has 2 heteroatoms. The highest BCUT2D eigenvalue weighted by molar-refractivity contribution is 4.95. The van der Waals surface area contributed by atoms with Crippen LogP contribution in [0.3, 0.4) is 0 Å². The molecular weight excluding hydrogens is 222 g/mol. The van der Waals surface area contributed by atoms with E-state index in [1.54, 1.807) is 0 Å². The predicted octanol–water partition coefficient (Wildman–Crippen LogP) is 3.75. The molecule has 1 saturated heterocycles. The summed E-state index contributed by atoms with van der Waals surface area (Å²) in [5.41, 5.74) is 0.727. The van der Waals surface area contributed by atoms with Crippen LogP contribution in [-0.4, -0.2) is 25.3 Å². The number of nitrogens with one attached hydrogen (secondary N) is 1. The fraction of sp³-hybridized carbons (Fsp3) is 1.00. The van der Waals surface area contributed by atoms with Crippen molar-refractivity contribution in [2.45, 2.75) is 77.4 Å². The Morgan fingerprint density at radius 2 is 1.89 bits per heavy atom. The molecule has 1 heterocycles. The van der Waals surface area contributed by atoms with E-state index in [2.05, 4.69) is 33.1 Å². The van der Waals surface area contributed by atoms with Crippen molar-refractivity contribution in [3.63, 3.8) is 0 Å². The van der Waals surface area contributed by atoms with Crippen LogP contribution in [0.2, 0.25) is 0 Å². The van der Waals surface area contributed by atoms with Crippen molar-refractivity contribution in [3.8, 4) is 0 Å². The molecule has 1 saturated carbocycles. The zero-order valence-corrected chi connectivity index (χ0v) is 12.7. The van der Waals surface area contributed by atoms with Crippen LogP contribution in [-0.2, 0) is 4.74 Å². The highest BCUT2D eigenvalue weighted by atomic mass is 16.5. The first-order valence-electron chi connectivity index (χ1n) is 7.82. The van der Waals surface area contributed by atoms with Gasteiger partial charge in [-0.05, 0) is 56.9 Å². The third-order valence-corrected chi connectivity index (χ3v) is 5.81. The SMILES string of the molecule is CCC(C)(C)C1CCC2(CC1)CC(NC)CCO2. The molecule has 18 heavy (non-hydrogen) atoms. The summed E-state index contributed by atoms with van der Waals surface area (Å²) in [5, 5.41) is 3.45. The zero-order chi connectivity index (χ0) is 13.2. The maximum Gasteiger partial charge on any atom is 0.0697 e. The molecule has 1 N–H and O–H groups in total. The minimum absolute atomic E-state index is 0.215. The van der Waals surface area contributed by atoms with Gasteiger partial charge in [0.05, 0.1) is 5.60 Å². The van der Waals surface area contributed by atoms with Crippen LogP contribution in [0.25, 0.3) is 0 Å². The van der Waals surface area contributed by atoms with Crippen molar-refractivity contribution >= 4 is 0 Å². The first-order chi connectivity index (χ1) is 8.51. The topological polar surface area (TPSA) is 21.3 Å². The van der Waals surface area contributed by atoms with Crippen LogP contribution in [0.1, 0.15) is 65.7 Å². The van der Waals surface area contributed by atoms with Gasteiger partial charge in [0.15, 0.2) is 0 Å². The molecule has 1 aliphatic carbocycles. The van der Waals surface area contributed by atoms with Gasteiger partial charge in [-0.25, -0.2) is 0 Å². The van der Waals surface area contributed by atoms with Crippen molar-refractivity contribution < 1.29 is 4.74 Å². The summed E-state index contributed by atoms with van der Waals surface area (Å²) in [7, 11) is 2.09. The van der Waals surface area contributed by atoms with Gasteiger partial charge in [-0.1, -0.05) is 27.2 Å². The Morgan fingerprint density at radius 1 is 1.22 bits per heavy atom. The first kappa shape index (κ1) is 14.3. The van der Waals surface area contributed by atoms with Crippen molar-refractivity contribution in [2.24, 2.45) is 11.3 Å². The van der Waals surface area contributed by atoms with E-state index in [0.717, 1.165) is 12.5 Å². The quantitative estimate of drug-likeness (QED) is 0.827. The van der Waals surface area contributed by atoms with Gasteiger partial charge in [-0.15, -0.1) is 0 Å². The summed E-state index contributed by atoms with van der Waals surface area (Å²) in [5.74, 6) is 0.895. The van der Waals surface area contributed by atoms with E-state index in [-0.39, 0.29) is 5.60 Å². The Hall–Kier alpha value is -0.0800. The lowest BCUT2D eigenvalue weighted by atomic mass is 9.65. The highest BCUT2D eigenvalue weighted by Gasteiger charge is 2.43. The smallest absolute Gasteiger partial charge is 0.0697 e. The fourth-order valence-electron chi connectivity index (χ4n) is 3.84. The second-order valence-electron chi connectivity index (χ2n) is 7.13. The van der Waals surface area contributed by atoms with Crippen LogP contribution in [0.5, 0.6) is 0 Å². The van der Waals surface area contributed by atoms with Crippen LogP contribution in [0, 0.1) is 11.3 Å². The summed E-state index contributed by atoms with van der Waals surface area (Å²) in [6.45, 7) is 8.16. The van der Waals surface area contributed by atoms with Gasteiger partial charge in [-0.2, -0.15) is 0 Å². The van der Waals surface area contributed by atoms with Crippen molar-refractivity contribution in [3.05, 3.63) is 0 Å². The maximum absolute atomic E-state index is 6.19. The van der Waals surface area contributed by atoms with Gasteiger partial charge < -0.3 is 10.1 Å². The summed E-state index contributed by atoms with van der Waals surface area (Å²) in [4.78, 5) is 0. The molecule has 1 atom stereocenters. The normalized spacial score (nSPS) is 38.0. The molecule has 2 nitrogen and oxygen atoms in total. The van der Waals surface area contributed by atoms with E-state index < -0.39 is 0 Å².